The minimum absolute atomic E-state index is 0.0766. The molecule has 0 radical (unpaired) electrons. The first kappa shape index (κ1) is 22.7. The van der Waals surface area contributed by atoms with Gasteiger partial charge >= 0.3 is 0 Å². The van der Waals surface area contributed by atoms with Crippen molar-refractivity contribution in [2.45, 2.75) is 58.9 Å². The van der Waals surface area contributed by atoms with Crippen LogP contribution in [0.2, 0.25) is 0 Å². The van der Waals surface area contributed by atoms with E-state index in [1.165, 1.54) is 0 Å². The molecule has 0 atom stereocenters. The number of amides is 1. The lowest BCUT2D eigenvalue weighted by atomic mass is 10.1. The van der Waals surface area contributed by atoms with Gasteiger partial charge in [0.15, 0.2) is 0 Å². The van der Waals surface area contributed by atoms with Crippen molar-refractivity contribution in [1.29, 1.82) is 0 Å². The van der Waals surface area contributed by atoms with Crippen molar-refractivity contribution < 1.29 is 13.2 Å². The second-order valence-corrected chi connectivity index (χ2v) is 10.8. The molecule has 0 unspecified atom stereocenters. The van der Waals surface area contributed by atoms with Gasteiger partial charge in [0.2, 0.25) is 10.0 Å². The van der Waals surface area contributed by atoms with Crippen LogP contribution in [0, 0.1) is 6.92 Å². The molecule has 7 heteroatoms. The first-order valence-corrected chi connectivity index (χ1v) is 11.1. The van der Waals surface area contributed by atoms with Gasteiger partial charge in [-0.2, -0.15) is 0 Å². The molecule has 158 valence electrons. The molecule has 0 bridgehead atoms. The van der Waals surface area contributed by atoms with Crippen molar-refractivity contribution in [3.8, 4) is 0 Å². The SMILES string of the molecule is Cc1c(NCc2ccc(NS(=O)(=O)C(C)(C)C)cc2)cccc1C(=O)NC(C)C. The maximum absolute atomic E-state index is 12.3. The zero-order valence-corrected chi connectivity index (χ0v) is 18.8. The van der Waals surface area contributed by atoms with Crippen LogP contribution >= 0.6 is 0 Å². The first-order chi connectivity index (χ1) is 13.4. The van der Waals surface area contributed by atoms with Gasteiger partial charge in [0.1, 0.15) is 0 Å². The summed E-state index contributed by atoms with van der Waals surface area (Å²) in [5.41, 5.74) is 3.96. The number of rotatable bonds is 7. The second kappa shape index (κ2) is 8.86. The standard InChI is InChI=1S/C22H31N3O3S/c1-15(2)24-21(26)19-8-7-9-20(16(19)3)23-14-17-10-12-18(13-11-17)25-29(27,28)22(4,5)6/h7-13,15,23,25H,14H2,1-6H3,(H,24,26). The second-order valence-electron chi connectivity index (χ2n) is 8.37. The molecule has 2 rings (SSSR count). The summed E-state index contributed by atoms with van der Waals surface area (Å²) in [6, 6.07) is 12.9. The Balaban J connectivity index is 2.07. The number of hydrogen-bond donors (Lipinski definition) is 3. The van der Waals surface area contributed by atoms with E-state index in [1.807, 2.05) is 51.1 Å². The number of benzene rings is 2. The van der Waals surface area contributed by atoms with Crippen LogP contribution in [0.15, 0.2) is 42.5 Å². The molecule has 6 nitrogen and oxygen atoms in total. The largest absolute Gasteiger partial charge is 0.381 e. The van der Waals surface area contributed by atoms with Crippen molar-refractivity contribution >= 4 is 27.3 Å². The molecule has 0 aliphatic heterocycles. The molecule has 29 heavy (non-hydrogen) atoms. The van der Waals surface area contributed by atoms with E-state index in [-0.39, 0.29) is 11.9 Å². The Kier molecular flexibility index (Phi) is 6.95. The molecule has 0 fully saturated rings. The van der Waals surface area contributed by atoms with E-state index in [2.05, 4.69) is 15.4 Å². The smallest absolute Gasteiger partial charge is 0.251 e. The molecule has 1 amide bonds. The molecule has 0 spiro atoms. The fraction of sp³-hybridized carbons (Fsp3) is 0.409. The lowest BCUT2D eigenvalue weighted by Gasteiger charge is -2.20. The van der Waals surface area contributed by atoms with Gasteiger partial charge < -0.3 is 10.6 Å². The van der Waals surface area contributed by atoms with Gasteiger partial charge in [0.25, 0.3) is 5.91 Å². The molecule has 0 aromatic heterocycles. The van der Waals surface area contributed by atoms with E-state index in [0.29, 0.717) is 17.8 Å². The Hall–Kier alpha value is -2.54. The third-order valence-electron chi connectivity index (χ3n) is 4.49. The quantitative estimate of drug-likeness (QED) is 0.627. The van der Waals surface area contributed by atoms with E-state index in [4.69, 9.17) is 0 Å². The molecule has 0 saturated carbocycles. The van der Waals surface area contributed by atoms with Crippen LogP contribution in [0.1, 0.15) is 56.1 Å². The highest BCUT2D eigenvalue weighted by atomic mass is 32.2. The zero-order chi connectivity index (χ0) is 21.8. The lowest BCUT2D eigenvalue weighted by Crippen LogP contribution is -2.33. The van der Waals surface area contributed by atoms with Gasteiger partial charge in [-0.15, -0.1) is 0 Å². The van der Waals surface area contributed by atoms with Crippen LogP contribution in [0.4, 0.5) is 11.4 Å². The van der Waals surface area contributed by atoms with Gasteiger partial charge in [-0.25, -0.2) is 8.42 Å². The topological polar surface area (TPSA) is 87.3 Å². The molecule has 0 aliphatic carbocycles. The molecular weight excluding hydrogens is 386 g/mol. The van der Waals surface area contributed by atoms with Crippen molar-refractivity contribution in [3.05, 3.63) is 59.2 Å². The Morgan fingerprint density at radius 3 is 2.21 bits per heavy atom. The molecule has 0 heterocycles. The van der Waals surface area contributed by atoms with Crippen molar-refractivity contribution in [1.82, 2.24) is 5.32 Å². The van der Waals surface area contributed by atoms with Gasteiger partial charge in [0, 0.05) is 29.5 Å². The number of carbonyl (C=O) groups is 1. The summed E-state index contributed by atoms with van der Waals surface area (Å²) in [4.78, 5) is 12.3. The summed E-state index contributed by atoms with van der Waals surface area (Å²) in [5.74, 6) is -0.0864. The summed E-state index contributed by atoms with van der Waals surface area (Å²) in [7, 11) is -3.45. The van der Waals surface area contributed by atoms with Crippen LogP contribution in [-0.4, -0.2) is 25.1 Å². The molecule has 2 aromatic carbocycles. The van der Waals surface area contributed by atoms with E-state index in [1.54, 1.807) is 32.9 Å². The number of anilines is 2. The number of carbonyl (C=O) groups excluding carboxylic acids is 1. The summed E-state index contributed by atoms with van der Waals surface area (Å²) in [6.45, 7) is 11.3. The average Bonchev–Trinajstić information content (AvgIpc) is 2.60. The normalized spacial score (nSPS) is 12.0. The summed E-state index contributed by atoms with van der Waals surface area (Å²) in [6.07, 6.45) is 0. The van der Waals surface area contributed by atoms with Gasteiger partial charge in [-0.3, -0.25) is 9.52 Å². The number of hydrogen-bond acceptors (Lipinski definition) is 4. The average molecular weight is 418 g/mol. The van der Waals surface area contributed by atoms with E-state index in [0.717, 1.165) is 16.8 Å². The van der Waals surface area contributed by atoms with Crippen LogP contribution in [0.5, 0.6) is 0 Å². The molecule has 3 N–H and O–H groups in total. The maximum atomic E-state index is 12.3. The van der Waals surface area contributed by atoms with Crippen molar-refractivity contribution in [2.75, 3.05) is 10.0 Å². The monoisotopic (exact) mass is 417 g/mol. The van der Waals surface area contributed by atoms with E-state index in [9.17, 15) is 13.2 Å². The summed E-state index contributed by atoms with van der Waals surface area (Å²) < 4.78 is 26.2. The van der Waals surface area contributed by atoms with Crippen molar-refractivity contribution in [2.24, 2.45) is 0 Å². The Labute approximate surface area is 174 Å². The van der Waals surface area contributed by atoms with Crippen LogP contribution in [0.3, 0.4) is 0 Å². The maximum Gasteiger partial charge on any atom is 0.251 e. The van der Waals surface area contributed by atoms with Crippen LogP contribution in [0.25, 0.3) is 0 Å². The summed E-state index contributed by atoms with van der Waals surface area (Å²) in [5, 5.41) is 6.26. The van der Waals surface area contributed by atoms with Crippen LogP contribution in [-0.2, 0) is 16.6 Å². The highest BCUT2D eigenvalue weighted by Gasteiger charge is 2.28. The molecule has 0 aliphatic rings. The van der Waals surface area contributed by atoms with E-state index < -0.39 is 14.8 Å². The van der Waals surface area contributed by atoms with Gasteiger partial charge in [-0.05, 0) is 76.9 Å². The Morgan fingerprint density at radius 2 is 1.66 bits per heavy atom. The zero-order valence-electron chi connectivity index (χ0n) is 18.0. The highest BCUT2D eigenvalue weighted by molar-refractivity contribution is 7.94. The fourth-order valence-corrected chi connectivity index (χ4v) is 3.36. The number of sulfonamides is 1. The first-order valence-electron chi connectivity index (χ1n) is 9.66. The predicted octanol–water partition coefficient (Wildman–Crippen LogP) is 4.29. The summed E-state index contributed by atoms with van der Waals surface area (Å²) >= 11 is 0. The Bertz CT molecular complexity index is 960. The van der Waals surface area contributed by atoms with Crippen LogP contribution < -0.4 is 15.4 Å². The van der Waals surface area contributed by atoms with E-state index >= 15 is 0 Å². The van der Waals surface area contributed by atoms with Crippen molar-refractivity contribution in [3.63, 3.8) is 0 Å². The third kappa shape index (κ3) is 5.97. The molecular formula is C22H31N3O3S. The highest BCUT2D eigenvalue weighted by Crippen LogP contribution is 2.22. The van der Waals surface area contributed by atoms with Gasteiger partial charge in [0.05, 0.1) is 4.75 Å². The fourth-order valence-electron chi connectivity index (χ4n) is 2.61. The minimum atomic E-state index is -3.45. The molecule has 0 saturated heterocycles. The lowest BCUT2D eigenvalue weighted by molar-refractivity contribution is 0.0942. The third-order valence-corrected chi connectivity index (χ3v) is 6.61. The minimum Gasteiger partial charge on any atom is -0.381 e. The van der Waals surface area contributed by atoms with Gasteiger partial charge in [-0.1, -0.05) is 18.2 Å². The molecule has 2 aromatic rings. The predicted molar refractivity (Wildman–Crippen MR) is 120 cm³/mol. The Morgan fingerprint density at radius 1 is 1.03 bits per heavy atom. The number of nitrogens with one attached hydrogen (secondary N) is 3.